The fraction of sp³-hybridized carbons (Fsp3) is 0.235. The third-order valence-electron chi connectivity index (χ3n) is 3.68. The lowest BCUT2D eigenvalue weighted by atomic mass is 10.2. The van der Waals surface area contributed by atoms with Crippen molar-refractivity contribution in [2.24, 2.45) is 0 Å². The molecule has 0 fully saturated rings. The number of aromatic nitrogens is 2. The molecule has 2 N–H and O–H groups in total. The van der Waals surface area contributed by atoms with Crippen LogP contribution in [0.25, 0.3) is 11.3 Å². The standard InChI is InChI=1S/C17H17ClFN3O2/c1-11-13(4-7-24-11)16-9-17(22(21-16)5-6-23)20-10-12-2-3-14(18)15(19)8-12/h2-4,7-9,20,23H,5-6,10H2,1H3. The highest BCUT2D eigenvalue weighted by Gasteiger charge is 2.13. The van der Waals surface area contributed by atoms with Gasteiger partial charge >= 0.3 is 0 Å². The van der Waals surface area contributed by atoms with E-state index in [1.165, 1.54) is 12.1 Å². The summed E-state index contributed by atoms with van der Waals surface area (Å²) >= 11 is 5.69. The average Bonchev–Trinajstić information content (AvgIpc) is 3.15. The number of aliphatic hydroxyl groups excluding tert-OH is 1. The Labute approximate surface area is 143 Å². The van der Waals surface area contributed by atoms with E-state index in [9.17, 15) is 9.50 Å². The van der Waals surface area contributed by atoms with Crippen molar-refractivity contribution in [1.29, 1.82) is 0 Å². The lowest BCUT2D eigenvalue weighted by molar-refractivity contribution is 0.270. The van der Waals surface area contributed by atoms with E-state index in [-0.39, 0.29) is 11.6 Å². The van der Waals surface area contributed by atoms with Gasteiger partial charge in [0.05, 0.1) is 30.1 Å². The topological polar surface area (TPSA) is 63.2 Å². The van der Waals surface area contributed by atoms with E-state index in [1.54, 1.807) is 17.0 Å². The first-order chi connectivity index (χ1) is 11.6. The van der Waals surface area contributed by atoms with Crippen LogP contribution in [0.15, 0.2) is 41.0 Å². The van der Waals surface area contributed by atoms with Crippen molar-refractivity contribution in [2.45, 2.75) is 20.0 Å². The minimum Gasteiger partial charge on any atom is -0.469 e. The molecule has 24 heavy (non-hydrogen) atoms. The molecule has 0 aliphatic rings. The minimum atomic E-state index is -0.449. The van der Waals surface area contributed by atoms with Crippen molar-refractivity contribution in [3.63, 3.8) is 0 Å². The number of hydrogen-bond donors (Lipinski definition) is 2. The first-order valence-corrected chi connectivity index (χ1v) is 7.87. The van der Waals surface area contributed by atoms with Gasteiger partial charge in [0.25, 0.3) is 0 Å². The van der Waals surface area contributed by atoms with Crippen LogP contribution in [0.1, 0.15) is 11.3 Å². The monoisotopic (exact) mass is 349 g/mol. The summed E-state index contributed by atoms with van der Waals surface area (Å²) in [7, 11) is 0. The molecule has 0 aliphatic heterocycles. The third-order valence-corrected chi connectivity index (χ3v) is 3.99. The lowest BCUT2D eigenvalue weighted by Crippen LogP contribution is -2.10. The summed E-state index contributed by atoms with van der Waals surface area (Å²) in [6.07, 6.45) is 1.61. The van der Waals surface area contributed by atoms with Crippen molar-refractivity contribution in [3.05, 3.63) is 58.8 Å². The second-order valence-corrected chi connectivity index (χ2v) is 5.76. The molecular formula is C17H17ClFN3O2. The second kappa shape index (κ2) is 7.07. The van der Waals surface area contributed by atoms with Crippen molar-refractivity contribution in [3.8, 4) is 11.3 Å². The quantitative estimate of drug-likeness (QED) is 0.709. The second-order valence-electron chi connectivity index (χ2n) is 5.35. The zero-order valence-electron chi connectivity index (χ0n) is 13.1. The Morgan fingerprint density at radius 3 is 2.83 bits per heavy atom. The number of benzene rings is 1. The zero-order valence-corrected chi connectivity index (χ0v) is 13.8. The lowest BCUT2D eigenvalue weighted by Gasteiger charge is -2.09. The fourth-order valence-corrected chi connectivity index (χ4v) is 2.57. The molecule has 7 heteroatoms. The number of hydrogen-bond acceptors (Lipinski definition) is 4. The van der Waals surface area contributed by atoms with Gasteiger partial charge in [-0.05, 0) is 30.7 Å². The highest BCUT2D eigenvalue weighted by molar-refractivity contribution is 6.30. The normalized spacial score (nSPS) is 11.0. The van der Waals surface area contributed by atoms with Gasteiger partial charge in [0, 0.05) is 18.2 Å². The van der Waals surface area contributed by atoms with Crippen LogP contribution >= 0.6 is 11.6 Å². The predicted molar refractivity (Wildman–Crippen MR) is 90.5 cm³/mol. The van der Waals surface area contributed by atoms with Crippen molar-refractivity contribution >= 4 is 17.4 Å². The van der Waals surface area contributed by atoms with Crippen LogP contribution in [0.3, 0.4) is 0 Å². The van der Waals surface area contributed by atoms with Crippen LogP contribution < -0.4 is 5.32 Å². The highest BCUT2D eigenvalue weighted by Crippen LogP contribution is 2.26. The molecule has 3 aromatic rings. The maximum Gasteiger partial charge on any atom is 0.142 e. The first kappa shape index (κ1) is 16.5. The van der Waals surface area contributed by atoms with E-state index in [1.807, 2.05) is 19.1 Å². The summed E-state index contributed by atoms with van der Waals surface area (Å²) in [6.45, 7) is 2.60. The fourth-order valence-electron chi connectivity index (χ4n) is 2.45. The molecule has 3 rings (SSSR count). The van der Waals surface area contributed by atoms with Crippen LogP contribution in [0.2, 0.25) is 5.02 Å². The van der Waals surface area contributed by atoms with Crippen molar-refractivity contribution < 1.29 is 13.9 Å². The molecule has 0 aliphatic carbocycles. The summed E-state index contributed by atoms with van der Waals surface area (Å²) in [5, 5.41) is 17.0. The SMILES string of the molecule is Cc1occc1-c1cc(NCc2ccc(Cl)c(F)c2)n(CCO)n1. The summed E-state index contributed by atoms with van der Waals surface area (Å²) in [4.78, 5) is 0. The molecule has 0 amide bonds. The molecule has 126 valence electrons. The number of aliphatic hydroxyl groups is 1. The van der Waals surface area contributed by atoms with Crippen LogP contribution in [-0.2, 0) is 13.1 Å². The van der Waals surface area contributed by atoms with Crippen molar-refractivity contribution in [1.82, 2.24) is 9.78 Å². The van der Waals surface area contributed by atoms with Gasteiger partial charge in [0.1, 0.15) is 17.4 Å². The number of anilines is 1. The predicted octanol–water partition coefficient (Wildman–Crippen LogP) is 3.85. The molecule has 0 radical (unpaired) electrons. The van der Waals surface area contributed by atoms with Gasteiger partial charge in [0.15, 0.2) is 0 Å². The Morgan fingerprint density at radius 2 is 2.17 bits per heavy atom. The van der Waals surface area contributed by atoms with E-state index in [4.69, 9.17) is 16.0 Å². The third kappa shape index (κ3) is 3.44. The van der Waals surface area contributed by atoms with E-state index >= 15 is 0 Å². The van der Waals surface area contributed by atoms with E-state index in [0.29, 0.717) is 13.1 Å². The molecule has 5 nitrogen and oxygen atoms in total. The van der Waals surface area contributed by atoms with Crippen molar-refractivity contribution in [2.75, 3.05) is 11.9 Å². The van der Waals surface area contributed by atoms with Gasteiger partial charge in [-0.2, -0.15) is 5.10 Å². The Morgan fingerprint density at radius 1 is 1.33 bits per heavy atom. The van der Waals surface area contributed by atoms with Gasteiger partial charge in [-0.1, -0.05) is 17.7 Å². The van der Waals surface area contributed by atoms with Crippen LogP contribution in [0.5, 0.6) is 0 Å². The number of furan rings is 1. The number of halogens is 2. The summed E-state index contributed by atoms with van der Waals surface area (Å²) in [6, 6.07) is 8.40. The molecule has 0 atom stereocenters. The molecule has 2 heterocycles. The molecule has 0 spiro atoms. The largest absolute Gasteiger partial charge is 0.469 e. The summed E-state index contributed by atoms with van der Waals surface area (Å²) in [5.74, 6) is 1.06. The Bertz CT molecular complexity index is 844. The first-order valence-electron chi connectivity index (χ1n) is 7.49. The number of rotatable bonds is 6. The number of nitrogens with zero attached hydrogens (tertiary/aromatic N) is 2. The molecule has 0 saturated heterocycles. The molecule has 1 aromatic carbocycles. The average molecular weight is 350 g/mol. The molecular weight excluding hydrogens is 333 g/mol. The number of nitrogens with one attached hydrogen (secondary N) is 1. The van der Waals surface area contributed by atoms with E-state index < -0.39 is 5.82 Å². The minimum absolute atomic E-state index is 0.0320. The van der Waals surface area contributed by atoms with E-state index in [0.717, 1.165) is 28.4 Å². The Kier molecular flexibility index (Phi) is 4.87. The highest BCUT2D eigenvalue weighted by atomic mass is 35.5. The zero-order chi connectivity index (χ0) is 17.1. The maximum atomic E-state index is 13.5. The van der Waals surface area contributed by atoms with E-state index in [2.05, 4.69) is 10.4 Å². The Hall–Kier alpha value is -2.31. The van der Waals surface area contributed by atoms with Gasteiger partial charge < -0.3 is 14.8 Å². The number of aryl methyl sites for hydroxylation is 1. The molecule has 0 bridgehead atoms. The van der Waals surface area contributed by atoms with Gasteiger partial charge in [-0.3, -0.25) is 0 Å². The molecule has 2 aromatic heterocycles. The Balaban J connectivity index is 1.82. The van der Waals surface area contributed by atoms with Gasteiger partial charge in [0.2, 0.25) is 0 Å². The maximum absolute atomic E-state index is 13.5. The summed E-state index contributed by atoms with van der Waals surface area (Å²) in [5.41, 5.74) is 2.40. The van der Waals surface area contributed by atoms with Crippen LogP contribution in [0.4, 0.5) is 10.2 Å². The van der Waals surface area contributed by atoms with Gasteiger partial charge in [-0.25, -0.2) is 9.07 Å². The van der Waals surface area contributed by atoms with Crippen LogP contribution in [-0.4, -0.2) is 21.5 Å². The summed E-state index contributed by atoms with van der Waals surface area (Å²) < 4.78 is 20.5. The molecule has 0 unspecified atom stereocenters. The molecule has 0 saturated carbocycles. The van der Waals surface area contributed by atoms with Crippen LogP contribution in [0, 0.1) is 12.7 Å². The smallest absolute Gasteiger partial charge is 0.142 e. The van der Waals surface area contributed by atoms with Gasteiger partial charge in [-0.15, -0.1) is 0 Å².